The Morgan fingerprint density at radius 2 is 2.00 bits per heavy atom. The van der Waals surface area contributed by atoms with Crippen LogP contribution in [-0.2, 0) is 5.41 Å². The number of phenolic OH excluding ortho intramolecular Hbond substituents is 1. The second-order valence-electron chi connectivity index (χ2n) is 5.51. The minimum atomic E-state index is -0.102. The smallest absolute Gasteiger partial charge is 0.127 e. The zero-order valence-electron chi connectivity index (χ0n) is 11.3. The van der Waals surface area contributed by atoms with Crippen molar-refractivity contribution in [2.24, 2.45) is 5.73 Å². The van der Waals surface area contributed by atoms with Gasteiger partial charge in [0.15, 0.2) is 0 Å². The molecule has 0 aromatic heterocycles. The van der Waals surface area contributed by atoms with E-state index in [1.54, 1.807) is 6.07 Å². The van der Waals surface area contributed by atoms with Crippen molar-refractivity contribution in [1.29, 1.82) is 0 Å². The van der Waals surface area contributed by atoms with Crippen LogP contribution in [0, 0.1) is 0 Å². The summed E-state index contributed by atoms with van der Waals surface area (Å²) in [7, 11) is 0. The standard InChI is InChI=1S/C15H23NO2/c1-11(2)18-13-7-5-6-12(17)14(13)15(10-16)8-3-4-9-15/h5-7,11,17H,3-4,8-10,16H2,1-2H3. The van der Waals surface area contributed by atoms with Gasteiger partial charge < -0.3 is 15.6 Å². The molecule has 1 saturated carbocycles. The van der Waals surface area contributed by atoms with Crippen molar-refractivity contribution in [2.75, 3.05) is 6.54 Å². The van der Waals surface area contributed by atoms with E-state index in [9.17, 15) is 5.11 Å². The topological polar surface area (TPSA) is 55.5 Å². The van der Waals surface area contributed by atoms with Gasteiger partial charge in [-0.05, 0) is 38.8 Å². The molecule has 0 amide bonds. The molecule has 1 aromatic rings. The van der Waals surface area contributed by atoms with Gasteiger partial charge in [0.05, 0.1) is 6.10 Å². The molecule has 3 nitrogen and oxygen atoms in total. The van der Waals surface area contributed by atoms with Gasteiger partial charge in [-0.3, -0.25) is 0 Å². The number of nitrogens with two attached hydrogens (primary N) is 1. The molecule has 1 aliphatic rings. The Morgan fingerprint density at radius 1 is 1.33 bits per heavy atom. The van der Waals surface area contributed by atoms with E-state index in [-0.39, 0.29) is 11.5 Å². The Balaban J connectivity index is 2.47. The van der Waals surface area contributed by atoms with Crippen LogP contribution in [0.25, 0.3) is 0 Å². The number of ether oxygens (including phenoxy) is 1. The van der Waals surface area contributed by atoms with Crippen molar-refractivity contribution in [3.05, 3.63) is 23.8 Å². The molecule has 0 aliphatic heterocycles. The van der Waals surface area contributed by atoms with Crippen LogP contribution >= 0.6 is 0 Å². The first-order chi connectivity index (χ1) is 8.59. The molecule has 3 N–H and O–H groups in total. The van der Waals surface area contributed by atoms with Crippen LogP contribution in [0.1, 0.15) is 45.1 Å². The van der Waals surface area contributed by atoms with E-state index in [4.69, 9.17) is 10.5 Å². The highest BCUT2D eigenvalue weighted by atomic mass is 16.5. The molecule has 0 heterocycles. The Kier molecular flexibility index (Phi) is 3.81. The van der Waals surface area contributed by atoms with Crippen molar-refractivity contribution in [3.8, 4) is 11.5 Å². The van der Waals surface area contributed by atoms with Crippen LogP contribution in [0.3, 0.4) is 0 Å². The van der Waals surface area contributed by atoms with Crippen LogP contribution in [-0.4, -0.2) is 17.8 Å². The maximum Gasteiger partial charge on any atom is 0.127 e. The summed E-state index contributed by atoms with van der Waals surface area (Å²) < 4.78 is 5.85. The third-order valence-electron chi connectivity index (χ3n) is 3.85. The Morgan fingerprint density at radius 3 is 2.56 bits per heavy atom. The van der Waals surface area contributed by atoms with Gasteiger partial charge in [-0.15, -0.1) is 0 Å². The fourth-order valence-electron chi connectivity index (χ4n) is 3.01. The van der Waals surface area contributed by atoms with Gasteiger partial charge >= 0.3 is 0 Å². The van der Waals surface area contributed by atoms with Gasteiger partial charge in [-0.2, -0.15) is 0 Å². The second kappa shape index (κ2) is 5.19. The summed E-state index contributed by atoms with van der Waals surface area (Å²) in [6, 6.07) is 5.50. The van der Waals surface area contributed by atoms with Gasteiger partial charge in [-0.25, -0.2) is 0 Å². The Bertz CT molecular complexity index is 409. The highest BCUT2D eigenvalue weighted by Crippen LogP contribution is 2.47. The highest BCUT2D eigenvalue weighted by molar-refractivity contribution is 5.50. The number of benzene rings is 1. The minimum Gasteiger partial charge on any atom is -0.508 e. The number of phenols is 1. The van der Waals surface area contributed by atoms with Gasteiger partial charge in [0, 0.05) is 17.5 Å². The van der Waals surface area contributed by atoms with Crippen molar-refractivity contribution >= 4 is 0 Å². The lowest BCUT2D eigenvalue weighted by Crippen LogP contribution is -2.33. The number of aromatic hydroxyl groups is 1. The normalized spacial score (nSPS) is 18.2. The number of hydrogen-bond acceptors (Lipinski definition) is 3. The van der Waals surface area contributed by atoms with E-state index < -0.39 is 0 Å². The lowest BCUT2D eigenvalue weighted by molar-refractivity contribution is 0.232. The highest BCUT2D eigenvalue weighted by Gasteiger charge is 2.38. The van der Waals surface area contributed by atoms with Crippen molar-refractivity contribution < 1.29 is 9.84 Å². The van der Waals surface area contributed by atoms with E-state index >= 15 is 0 Å². The maximum absolute atomic E-state index is 10.2. The fourth-order valence-corrected chi connectivity index (χ4v) is 3.01. The molecule has 18 heavy (non-hydrogen) atoms. The van der Waals surface area contributed by atoms with E-state index in [1.807, 2.05) is 26.0 Å². The Labute approximate surface area is 109 Å². The molecule has 1 fully saturated rings. The molecule has 0 atom stereocenters. The summed E-state index contributed by atoms with van der Waals surface area (Å²) in [5.74, 6) is 1.11. The van der Waals surface area contributed by atoms with Gasteiger partial charge in [0.1, 0.15) is 11.5 Å². The Hall–Kier alpha value is -1.22. The van der Waals surface area contributed by atoms with E-state index in [0.717, 1.165) is 24.2 Å². The minimum absolute atomic E-state index is 0.0989. The zero-order valence-corrected chi connectivity index (χ0v) is 11.3. The fraction of sp³-hybridized carbons (Fsp3) is 0.600. The molecular weight excluding hydrogens is 226 g/mol. The number of rotatable bonds is 4. The van der Waals surface area contributed by atoms with E-state index in [0.29, 0.717) is 12.3 Å². The second-order valence-corrected chi connectivity index (χ2v) is 5.51. The van der Waals surface area contributed by atoms with Crippen LogP contribution in [0.2, 0.25) is 0 Å². The molecule has 100 valence electrons. The third-order valence-corrected chi connectivity index (χ3v) is 3.85. The van der Waals surface area contributed by atoms with Crippen molar-refractivity contribution in [3.63, 3.8) is 0 Å². The van der Waals surface area contributed by atoms with Crippen LogP contribution in [0.15, 0.2) is 18.2 Å². The SMILES string of the molecule is CC(C)Oc1cccc(O)c1C1(CN)CCCC1. The summed E-state index contributed by atoms with van der Waals surface area (Å²) in [6.45, 7) is 4.56. The van der Waals surface area contributed by atoms with Crippen LogP contribution in [0.5, 0.6) is 11.5 Å². The molecule has 0 unspecified atom stereocenters. The van der Waals surface area contributed by atoms with Crippen LogP contribution in [0.4, 0.5) is 0 Å². The lowest BCUT2D eigenvalue weighted by Gasteiger charge is -2.31. The summed E-state index contributed by atoms with van der Waals surface area (Å²) in [5, 5.41) is 10.2. The molecular formula is C15H23NO2. The van der Waals surface area contributed by atoms with Gasteiger partial charge in [0.2, 0.25) is 0 Å². The summed E-state index contributed by atoms with van der Waals surface area (Å²) >= 11 is 0. The van der Waals surface area contributed by atoms with Gasteiger partial charge in [-0.1, -0.05) is 18.9 Å². The first-order valence-electron chi connectivity index (χ1n) is 6.78. The first kappa shape index (κ1) is 13.2. The average molecular weight is 249 g/mol. The summed E-state index contributed by atoms with van der Waals surface area (Å²) in [6.07, 6.45) is 4.52. The maximum atomic E-state index is 10.2. The third kappa shape index (κ3) is 2.32. The molecule has 0 bridgehead atoms. The summed E-state index contributed by atoms with van der Waals surface area (Å²) in [4.78, 5) is 0. The molecule has 0 radical (unpaired) electrons. The monoisotopic (exact) mass is 249 g/mol. The average Bonchev–Trinajstić information content (AvgIpc) is 2.78. The molecule has 1 aromatic carbocycles. The molecule has 0 spiro atoms. The van der Waals surface area contributed by atoms with Crippen molar-refractivity contribution in [1.82, 2.24) is 0 Å². The zero-order chi connectivity index (χ0) is 13.2. The molecule has 3 heteroatoms. The number of hydrogen-bond donors (Lipinski definition) is 2. The van der Waals surface area contributed by atoms with E-state index in [2.05, 4.69) is 0 Å². The van der Waals surface area contributed by atoms with Crippen molar-refractivity contribution in [2.45, 2.75) is 51.0 Å². The quantitative estimate of drug-likeness (QED) is 0.862. The lowest BCUT2D eigenvalue weighted by atomic mass is 9.78. The predicted octanol–water partition coefficient (Wildman–Crippen LogP) is 2.95. The van der Waals surface area contributed by atoms with Crippen LogP contribution < -0.4 is 10.5 Å². The molecule has 2 rings (SSSR count). The predicted molar refractivity (Wildman–Crippen MR) is 73.1 cm³/mol. The van der Waals surface area contributed by atoms with E-state index in [1.165, 1.54) is 12.8 Å². The molecule has 0 saturated heterocycles. The first-order valence-corrected chi connectivity index (χ1v) is 6.78. The summed E-state index contributed by atoms with van der Waals surface area (Å²) in [5.41, 5.74) is 6.82. The molecule has 1 aliphatic carbocycles. The van der Waals surface area contributed by atoms with Gasteiger partial charge in [0.25, 0.3) is 0 Å². The largest absolute Gasteiger partial charge is 0.508 e.